The van der Waals surface area contributed by atoms with Gasteiger partial charge in [-0.3, -0.25) is 9.78 Å². The summed E-state index contributed by atoms with van der Waals surface area (Å²) in [5, 5.41) is 0. The van der Waals surface area contributed by atoms with Gasteiger partial charge < -0.3 is 15.4 Å². The monoisotopic (exact) mass is 264 g/mol. The van der Waals surface area contributed by atoms with Gasteiger partial charge in [0.25, 0.3) is 0 Å². The van der Waals surface area contributed by atoms with Crippen molar-refractivity contribution in [1.29, 1.82) is 0 Å². The van der Waals surface area contributed by atoms with E-state index < -0.39 is 0 Å². The summed E-state index contributed by atoms with van der Waals surface area (Å²) in [6.45, 7) is 5.17. The summed E-state index contributed by atoms with van der Waals surface area (Å²) in [5.74, 6) is 0.886. The van der Waals surface area contributed by atoms with Crippen molar-refractivity contribution in [1.82, 2.24) is 9.97 Å². The summed E-state index contributed by atoms with van der Waals surface area (Å²) >= 11 is 0. The zero-order valence-electron chi connectivity index (χ0n) is 11.4. The van der Waals surface area contributed by atoms with E-state index in [-0.39, 0.29) is 11.8 Å². The third-order valence-corrected chi connectivity index (χ3v) is 3.47. The number of carbonyl (C=O) groups is 1. The van der Waals surface area contributed by atoms with Gasteiger partial charge in [0.15, 0.2) is 5.82 Å². The van der Waals surface area contributed by atoms with Crippen molar-refractivity contribution < 1.29 is 9.53 Å². The van der Waals surface area contributed by atoms with Gasteiger partial charge in [0.2, 0.25) is 11.8 Å². The molecule has 1 saturated heterocycles. The molecule has 1 aliphatic rings. The molecule has 0 spiro atoms. The van der Waals surface area contributed by atoms with Gasteiger partial charge in [0.1, 0.15) is 0 Å². The Morgan fingerprint density at radius 1 is 1.53 bits per heavy atom. The maximum atomic E-state index is 11.3. The van der Waals surface area contributed by atoms with Crippen LogP contribution in [0.4, 0.5) is 5.82 Å². The molecule has 0 aliphatic carbocycles. The molecule has 1 aromatic rings. The molecule has 6 heteroatoms. The normalized spacial score (nSPS) is 23.2. The molecule has 1 aliphatic heterocycles. The lowest BCUT2D eigenvalue weighted by atomic mass is 9.93. The molecule has 2 heterocycles. The van der Waals surface area contributed by atoms with E-state index >= 15 is 0 Å². The standard InChI is InChI=1S/C13H20N4O2/c1-3-19-12-7-15-6-11(16-12)17-8-10(13(14)18)5-4-9(17)2/h6-7,9-10H,3-5,8H2,1-2H3,(H2,14,18). The Labute approximate surface area is 113 Å². The highest BCUT2D eigenvalue weighted by molar-refractivity contribution is 5.77. The molecule has 2 unspecified atom stereocenters. The summed E-state index contributed by atoms with van der Waals surface area (Å²) in [4.78, 5) is 22.0. The Bertz CT molecular complexity index is 452. The van der Waals surface area contributed by atoms with E-state index in [2.05, 4.69) is 21.8 Å². The van der Waals surface area contributed by atoms with Crippen molar-refractivity contribution in [2.24, 2.45) is 11.7 Å². The topological polar surface area (TPSA) is 81.3 Å². The lowest BCUT2D eigenvalue weighted by molar-refractivity contribution is -0.122. The first-order chi connectivity index (χ1) is 9.11. The van der Waals surface area contributed by atoms with E-state index in [0.29, 0.717) is 25.1 Å². The largest absolute Gasteiger partial charge is 0.477 e. The van der Waals surface area contributed by atoms with Crippen molar-refractivity contribution in [2.75, 3.05) is 18.1 Å². The molecular formula is C13H20N4O2. The Kier molecular flexibility index (Phi) is 4.19. The summed E-state index contributed by atoms with van der Waals surface area (Å²) in [7, 11) is 0. The first kappa shape index (κ1) is 13.6. The van der Waals surface area contributed by atoms with Gasteiger partial charge in [0.05, 0.1) is 24.9 Å². The van der Waals surface area contributed by atoms with E-state index in [0.717, 1.165) is 18.7 Å². The molecular weight excluding hydrogens is 244 g/mol. The molecule has 1 fully saturated rings. The average molecular weight is 264 g/mol. The second-order valence-corrected chi connectivity index (χ2v) is 4.83. The van der Waals surface area contributed by atoms with Crippen LogP contribution in [0.25, 0.3) is 0 Å². The van der Waals surface area contributed by atoms with Crippen molar-refractivity contribution in [3.63, 3.8) is 0 Å². The highest BCUT2D eigenvalue weighted by Gasteiger charge is 2.29. The molecule has 2 rings (SSSR count). The Morgan fingerprint density at radius 3 is 3.00 bits per heavy atom. The van der Waals surface area contributed by atoms with Gasteiger partial charge in [-0.05, 0) is 26.7 Å². The number of primary amides is 1. The molecule has 2 N–H and O–H groups in total. The zero-order valence-corrected chi connectivity index (χ0v) is 11.4. The van der Waals surface area contributed by atoms with Gasteiger partial charge in [-0.1, -0.05) is 0 Å². The van der Waals surface area contributed by atoms with Crippen molar-refractivity contribution >= 4 is 11.7 Å². The van der Waals surface area contributed by atoms with Gasteiger partial charge >= 0.3 is 0 Å². The zero-order chi connectivity index (χ0) is 13.8. The number of nitrogens with zero attached hydrogens (tertiary/aromatic N) is 3. The SMILES string of the molecule is CCOc1cncc(N2CC(C(N)=O)CCC2C)n1. The first-order valence-corrected chi connectivity index (χ1v) is 6.62. The van der Waals surface area contributed by atoms with Gasteiger partial charge in [-0.15, -0.1) is 0 Å². The molecule has 0 aromatic carbocycles. The van der Waals surface area contributed by atoms with Crippen LogP contribution in [0.15, 0.2) is 12.4 Å². The van der Waals surface area contributed by atoms with Crippen LogP contribution >= 0.6 is 0 Å². The van der Waals surface area contributed by atoms with E-state index in [1.54, 1.807) is 12.4 Å². The number of hydrogen-bond acceptors (Lipinski definition) is 5. The van der Waals surface area contributed by atoms with Gasteiger partial charge in [-0.25, -0.2) is 0 Å². The predicted octanol–water partition coefficient (Wildman–Crippen LogP) is 0.965. The Morgan fingerprint density at radius 2 is 2.32 bits per heavy atom. The number of carbonyl (C=O) groups excluding carboxylic acids is 1. The highest BCUT2D eigenvalue weighted by Crippen LogP contribution is 2.26. The lowest BCUT2D eigenvalue weighted by Gasteiger charge is -2.37. The van der Waals surface area contributed by atoms with Crippen molar-refractivity contribution in [3.8, 4) is 5.88 Å². The fraction of sp³-hybridized carbons (Fsp3) is 0.615. The summed E-state index contributed by atoms with van der Waals surface area (Å²) in [5.41, 5.74) is 5.40. The minimum Gasteiger partial charge on any atom is -0.477 e. The molecule has 2 atom stereocenters. The predicted molar refractivity (Wildman–Crippen MR) is 71.9 cm³/mol. The van der Waals surface area contributed by atoms with Crippen LogP contribution in [-0.2, 0) is 4.79 Å². The fourth-order valence-corrected chi connectivity index (χ4v) is 2.35. The second kappa shape index (κ2) is 5.86. The quantitative estimate of drug-likeness (QED) is 0.876. The molecule has 0 radical (unpaired) electrons. The Balaban J connectivity index is 2.18. The molecule has 0 saturated carbocycles. The number of amides is 1. The van der Waals surface area contributed by atoms with Crippen LogP contribution < -0.4 is 15.4 Å². The molecule has 0 bridgehead atoms. The molecule has 1 amide bonds. The number of nitrogens with two attached hydrogens (primary N) is 1. The number of piperidine rings is 1. The van der Waals surface area contributed by atoms with Gasteiger partial charge in [0, 0.05) is 12.6 Å². The summed E-state index contributed by atoms with van der Waals surface area (Å²) in [6.07, 6.45) is 5.05. The average Bonchev–Trinajstić information content (AvgIpc) is 2.39. The minimum absolute atomic E-state index is 0.117. The highest BCUT2D eigenvalue weighted by atomic mass is 16.5. The maximum Gasteiger partial charge on any atom is 0.234 e. The smallest absolute Gasteiger partial charge is 0.234 e. The van der Waals surface area contributed by atoms with Crippen LogP contribution in [-0.4, -0.2) is 35.1 Å². The lowest BCUT2D eigenvalue weighted by Crippen LogP contribution is -2.46. The van der Waals surface area contributed by atoms with Crippen LogP contribution in [0.2, 0.25) is 0 Å². The van der Waals surface area contributed by atoms with Crippen LogP contribution in [0.3, 0.4) is 0 Å². The van der Waals surface area contributed by atoms with Crippen LogP contribution in [0.1, 0.15) is 26.7 Å². The second-order valence-electron chi connectivity index (χ2n) is 4.83. The molecule has 1 aromatic heterocycles. The number of hydrogen-bond donors (Lipinski definition) is 1. The van der Waals surface area contributed by atoms with E-state index in [4.69, 9.17) is 10.5 Å². The van der Waals surface area contributed by atoms with Crippen molar-refractivity contribution in [2.45, 2.75) is 32.7 Å². The van der Waals surface area contributed by atoms with Gasteiger partial charge in [-0.2, -0.15) is 4.98 Å². The number of anilines is 1. The first-order valence-electron chi connectivity index (χ1n) is 6.62. The van der Waals surface area contributed by atoms with E-state index in [1.807, 2.05) is 6.92 Å². The number of rotatable bonds is 4. The van der Waals surface area contributed by atoms with E-state index in [1.165, 1.54) is 0 Å². The molecule has 19 heavy (non-hydrogen) atoms. The van der Waals surface area contributed by atoms with Crippen LogP contribution in [0.5, 0.6) is 5.88 Å². The number of aromatic nitrogens is 2. The van der Waals surface area contributed by atoms with Crippen molar-refractivity contribution in [3.05, 3.63) is 12.4 Å². The summed E-state index contributed by atoms with van der Waals surface area (Å²) in [6, 6.07) is 0.321. The molecule has 6 nitrogen and oxygen atoms in total. The third-order valence-electron chi connectivity index (χ3n) is 3.47. The minimum atomic E-state index is -0.245. The third kappa shape index (κ3) is 3.13. The fourth-order valence-electron chi connectivity index (χ4n) is 2.35. The van der Waals surface area contributed by atoms with Crippen LogP contribution in [0, 0.1) is 5.92 Å². The summed E-state index contributed by atoms with van der Waals surface area (Å²) < 4.78 is 5.35. The van der Waals surface area contributed by atoms with E-state index in [9.17, 15) is 4.79 Å². The Hall–Kier alpha value is -1.85. The maximum absolute atomic E-state index is 11.3. The molecule has 104 valence electrons. The number of ether oxygens (including phenoxy) is 1.